The molecule has 25 heavy (non-hydrogen) atoms. The van der Waals surface area contributed by atoms with Crippen LogP contribution in [0.5, 0.6) is 0 Å². The minimum Gasteiger partial charge on any atom is -0.476 e. The molecule has 136 valence electrons. The zero-order valence-corrected chi connectivity index (χ0v) is 13.8. The monoisotopic (exact) mass is 376 g/mol. The van der Waals surface area contributed by atoms with Gasteiger partial charge in [0.05, 0.1) is 0 Å². The number of amides is 1. The van der Waals surface area contributed by atoms with Crippen molar-refractivity contribution in [2.24, 2.45) is 5.92 Å². The molecule has 0 atom stereocenters. The van der Waals surface area contributed by atoms with Gasteiger partial charge in [0.25, 0.3) is 0 Å². The fourth-order valence-corrected chi connectivity index (χ4v) is 3.84. The Labute approximate surface area is 143 Å². The van der Waals surface area contributed by atoms with Gasteiger partial charge in [0.2, 0.25) is 5.91 Å². The van der Waals surface area contributed by atoms with E-state index in [1.165, 1.54) is 0 Å². The highest BCUT2D eigenvalue weighted by Crippen LogP contribution is 2.32. The summed E-state index contributed by atoms with van der Waals surface area (Å²) in [4.78, 5) is 27.4. The summed E-state index contributed by atoms with van der Waals surface area (Å²) in [5.41, 5.74) is -0.700. The number of aromatic nitrogens is 3. The van der Waals surface area contributed by atoms with Gasteiger partial charge in [-0.3, -0.25) is 4.79 Å². The minimum absolute atomic E-state index is 0.00990. The Kier molecular flexibility index (Phi) is 4.67. The largest absolute Gasteiger partial charge is 0.476 e. The van der Waals surface area contributed by atoms with Crippen LogP contribution < -0.4 is 5.32 Å². The lowest BCUT2D eigenvalue weighted by atomic mass is 9.89. The summed E-state index contributed by atoms with van der Waals surface area (Å²) < 4.78 is 38.4. The van der Waals surface area contributed by atoms with E-state index in [2.05, 4.69) is 15.4 Å². The van der Waals surface area contributed by atoms with Crippen LogP contribution in [-0.2, 0) is 11.3 Å². The zero-order chi connectivity index (χ0) is 18.2. The Balaban J connectivity index is 1.88. The van der Waals surface area contributed by atoms with Crippen molar-refractivity contribution >= 4 is 38.7 Å². The lowest BCUT2D eigenvalue weighted by Gasteiger charge is -2.19. The third-order valence-corrected chi connectivity index (χ3v) is 4.99. The molecule has 1 saturated carbocycles. The van der Waals surface area contributed by atoms with Gasteiger partial charge < -0.3 is 10.4 Å². The highest BCUT2D eigenvalue weighted by Gasteiger charge is 2.32. The quantitative estimate of drug-likeness (QED) is 0.854. The fourth-order valence-electron chi connectivity index (χ4n) is 2.90. The topological polar surface area (TPSA) is 97.1 Å². The maximum absolute atomic E-state index is 12.6. The molecule has 0 saturated heterocycles. The van der Waals surface area contributed by atoms with Crippen molar-refractivity contribution in [3.8, 4) is 0 Å². The van der Waals surface area contributed by atoms with Crippen molar-refractivity contribution in [2.75, 3.05) is 5.32 Å². The number of anilines is 1. The summed E-state index contributed by atoms with van der Waals surface area (Å²) >= 11 is 0.817. The first-order chi connectivity index (χ1) is 11.7. The van der Waals surface area contributed by atoms with Crippen molar-refractivity contribution < 1.29 is 27.9 Å². The molecule has 1 amide bonds. The van der Waals surface area contributed by atoms with Crippen LogP contribution in [-0.4, -0.2) is 37.9 Å². The van der Waals surface area contributed by atoms with Crippen LogP contribution in [0.4, 0.5) is 18.3 Å². The number of alkyl halides is 3. The molecule has 11 heteroatoms. The molecule has 0 aromatic carbocycles. The van der Waals surface area contributed by atoms with E-state index in [4.69, 9.17) is 5.11 Å². The van der Waals surface area contributed by atoms with Gasteiger partial charge in [-0.25, -0.2) is 9.48 Å². The molecular weight excluding hydrogens is 361 g/mol. The third-order valence-electron chi connectivity index (χ3n) is 4.03. The zero-order valence-electron chi connectivity index (χ0n) is 13.0. The maximum Gasteiger partial charge on any atom is 0.408 e. The summed E-state index contributed by atoms with van der Waals surface area (Å²) in [5, 5.41) is 15.3. The molecule has 2 aromatic heterocycles. The number of aromatic carboxylic acids is 1. The minimum atomic E-state index is -4.57. The van der Waals surface area contributed by atoms with Crippen molar-refractivity contribution in [2.45, 2.75) is 44.8 Å². The Morgan fingerprint density at radius 1 is 1.28 bits per heavy atom. The molecule has 0 bridgehead atoms. The number of thiazole rings is 1. The number of fused-ring (bicyclic) bond motifs is 1. The summed E-state index contributed by atoms with van der Waals surface area (Å²) in [6.45, 7) is -1.45. The van der Waals surface area contributed by atoms with E-state index in [9.17, 15) is 22.8 Å². The molecule has 2 heterocycles. The number of carbonyl (C=O) groups excluding carboxylic acids is 1. The van der Waals surface area contributed by atoms with E-state index in [-0.39, 0.29) is 27.3 Å². The lowest BCUT2D eigenvalue weighted by Crippen LogP contribution is -2.24. The van der Waals surface area contributed by atoms with Crippen molar-refractivity contribution in [3.05, 3.63) is 5.69 Å². The molecule has 2 N–H and O–H groups in total. The molecule has 3 rings (SSSR count). The second-order valence-corrected chi connectivity index (χ2v) is 6.92. The van der Waals surface area contributed by atoms with E-state index in [0.29, 0.717) is 4.68 Å². The van der Waals surface area contributed by atoms with E-state index < -0.39 is 24.4 Å². The van der Waals surface area contributed by atoms with Crippen LogP contribution in [0.15, 0.2) is 0 Å². The summed E-state index contributed by atoms with van der Waals surface area (Å²) in [6, 6.07) is 0. The maximum atomic E-state index is 12.6. The van der Waals surface area contributed by atoms with Gasteiger partial charge >= 0.3 is 12.1 Å². The number of rotatable bonds is 4. The van der Waals surface area contributed by atoms with Crippen molar-refractivity contribution in [1.82, 2.24) is 14.8 Å². The van der Waals surface area contributed by atoms with Gasteiger partial charge in [-0.1, -0.05) is 30.6 Å². The average Bonchev–Trinajstić information content (AvgIpc) is 3.06. The van der Waals surface area contributed by atoms with Crippen LogP contribution in [0.2, 0.25) is 0 Å². The Bertz CT molecular complexity index is 808. The summed E-state index contributed by atoms with van der Waals surface area (Å²) in [7, 11) is 0. The number of carbonyl (C=O) groups is 2. The van der Waals surface area contributed by atoms with Crippen molar-refractivity contribution in [3.63, 3.8) is 0 Å². The number of halogens is 3. The predicted molar refractivity (Wildman–Crippen MR) is 83.6 cm³/mol. The van der Waals surface area contributed by atoms with Crippen LogP contribution >= 0.6 is 11.3 Å². The SMILES string of the molecule is O=C(O)c1nn(CC(F)(F)F)c2nc(NC(=O)C3CCCCC3)sc12. The fraction of sp³-hybridized carbons (Fsp3) is 0.571. The highest BCUT2D eigenvalue weighted by molar-refractivity contribution is 7.22. The Morgan fingerprint density at radius 3 is 2.56 bits per heavy atom. The third kappa shape index (κ3) is 3.91. The van der Waals surface area contributed by atoms with Gasteiger partial charge in [-0.05, 0) is 12.8 Å². The van der Waals surface area contributed by atoms with E-state index >= 15 is 0 Å². The predicted octanol–water partition coefficient (Wildman–Crippen LogP) is 3.27. The van der Waals surface area contributed by atoms with Gasteiger partial charge in [0.15, 0.2) is 16.5 Å². The molecule has 2 aromatic rings. The number of hydrogen-bond acceptors (Lipinski definition) is 5. The summed E-state index contributed by atoms with van der Waals surface area (Å²) in [6.07, 6.45) is -0.0365. The van der Waals surface area contributed by atoms with E-state index in [1.54, 1.807) is 0 Å². The molecule has 1 aliphatic rings. The van der Waals surface area contributed by atoms with Crippen LogP contribution in [0, 0.1) is 5.92 Å². The van der Waals surface area contributed by atoms with Gasteiger partial charge in [-0.2, -0.15) is 23.3 Å². The second-order valence-electron chi connectivity index (χ2n) is 5.92. The Hall–Kier alpha value is -2.17. The highest BCUT2D eigenvalue weighted by atomic mass is 32.1. The van der Waals surface area contributed by atoms with Gasteiger partial charge in [0.1, 0.15) is 11.2 Å². The molecule has 0 radical (unpaired) electrons. The first-order valence-corrected chi connectivity index (χ1v) is 8.54. The molecule has 0 aliphatic heterocycles. The number of hydrogen-bond donors (Lipinski definition) is 2. The first-order valence-electron chi connectivity index (χ1n) is 7.73. The van der Waals surface area contributed by atoms with Gasteiger partial charge in [0, 0.05) is 5.92 Å². The molecular formula is C14H15F3N4O3S. The van der Waals surface area contributed by atoms with Crippen molar-refractivity contribution in [1.29, 1.82) is 0 Å². The molecule has 1 aliphatic carbocycles. The van der Waals surface area contributed by atoms with Crippen LogP contribution in [0.3, 0.4) is 0 Å². The second kappa shape index (κ2) is 6.62. The van der Waals surface area contributed by atoms with Gasteiger partial charge in [-0.15, -0.1) is 0 Å². The molecule has 7 nitrogen and oxygen atoms in total. The summed E-state index contributed by atoms with van der Waals surface area (Å²) in [5.74, 6) is -1.82. The number of nitrogens with zero attached hydrogens (tertiary/aromatic N) is 3. The molecule has 1 fully saturated rings. The smallest absolute Gasteiger partial charge is 0.408 e. The first kappa shape index (κ1) is 17.6. The van der Waals surface area contributed by atoms with E-state index in [0.717, 1.165) is 43.4 Å². The Morgan fingerprint density at radius 2 is 1.96 bits per heavy atom. The molecule has 0 unspecified atom stereocenters. The number of nitrogens with one attached hydrogen (secondary N) is 1. The average molecular weight is 376 g/mol. The van der Waals surface area contributed by atoms with Crippen LogP contribution in [0.1, 0.15) is 42.6 Å². The van der Waals surface area contributed by atoms with E-state index in [1.807, 2.05) is 0 Å². The lowest BCUT2D eigenvalue weighted by molar-refractivity contribution is -0.142. The number of carboxylic acids is 1. The normalized spacial score (nSPS) is 16.3. The van der Waals surface area contributed by atoms with Crippen LogP contribution in [0.25, 0.3) is 10.3 Å². The molecule has 0 spiro atoms. The standard InChI is InChI=1S/C14H15F3N4O3S/c15-14(16,17)6-21-10-9(8(20-21)12(23)24)25-13(18-10)19-11(22)7-4-2-1-3-5-7/h7H,1-6H2,(H,23,24)(H,18,19,22). The number of carboxylic acid groups (broad SMARTS) is 1.